The van der Waals surface area contributed by atoms with Gasteiger partial charge in [0.15, 0.2) is 0 Å². The average Bonchev–Trinajstić information content (AvgIpc) is 2.62. The molecule has 1 aromatic heterocycles. The molecule has 3 aromatic rings. The van der Waals surface area contributed by atoms with Gasteiger partial charge in [0.05, 0.1) is 0 Å². The number of para-hydroxylation sites is 1. The molecular weight excluding hydrogens is 298 g/mol. The number of nitrogen functional groups attached to an aromatic ring is 1. The number of benzene rings is 2. The summed E-state index contributed by atoms with van der Waals surface area (Å²) >= 11 is 0. The van der Waals surface area contributed by atoms with E-state index in [1.807, 2.05) is 36.4 Å². The molecule has 0 radical (unpaired) electrons. The zero-order valence-corrected chi connectivity index (χ0v) is 13.3. The number of hydrogen-bond acceptors (Lipinski definition) is 5. The van der Waals surface area contributed by atoms with Gasteiger partial charge in [-0.25, -0.2) is 0 Å². The monoisotopic (exact) mass is 317 g/mol. The van der Waals surface area contributed by atoms with E-state index in [-0.39, 0.29) is 5.95 Å². The topological polar surface area (TPSA) is 67.1 Å². The second kappa shape index (κ2) is 6.20. The van der Waals surface area contributed by atoms with Crippen molar-refractivity contribution < 1.29 is 0 Å². The van der Waals surface area contributed by atoms with Gasteiger partial charge in [-0.3, -0.25) is 0 Å². The van der Waals surface area contributed by atoms with E-state index in [9.17, 15) is 0 Å². The molecule has 5 heteroatoms. The normalized spacial score (nSPS) is 13.4. The van der Waals surface area contributed by atoms with Crippen LogP contribution in [0, 0.1) is 0 Å². The summed E-state index contributed by atoms with van der Waals surface area (Å²) in [7, 11) is 0. The van der Waals surface area contributed by atoms with Gasteiger partial charge >= 0.3 is 0 Å². The van der Waals surface area contributed by atoms with Crippen LogP contribution in [-0.2, 0) is 13.0 Å². The third-order valence-corrected chi connectivity index (χ3v) is 4.23. The maximum Gasteiger partial charge on any atom is 0.223 e. The molecule has 0 saturated carbocycles. The Bertz CT molecular complexity index is 847. The minimum atomic E-state index is 0.282. The Morgan fingerprint density at radius 2 is 1.67 bits per heavy atom. The second-order valence-electron chi connectivity index (χ2n) is 5.90. The highest BCUT2D eigenvalue weighted by molar-refractivity contribution is 5.61. The van der Waals surface area contributed by atoms with Crippen molar-refractivity contribution >= 4 is 23.3 Å². The zero-order valence-electron chi connectivity index (χ0n) is 13.3. The summed E-state index contributed by atoms with van der Waals surface area (Å²) in [6, 6.07) is 20.4. The molecular formula is C19H19N5. The molecule has 1 aliphatic rings. The fraction of sp³-hybridized carbons (Fsp3) is 0.158. The van der Waals surface area contributed by atoms with E-state index in [1.54, 1.807) is 0 Å². The molecule has 0 spiro atoms. The summed E-state index contributed by atoms with van der Waals surface area (Å²) in [5, 5.41) is 3.29. The van der Waals surface area contributed by atoms with Crippen molar-refractivity contribution in [2.24, 2.45) is 0 Å². The number of fused-ring (bicyclic) bond motifs is 1. The van der Waals surface area contributed by atoms with Crippen LogP contribution < -0.4 is 16.0 Å². The molecule has 1 aliphatic heterocycles. The van der Waals surface area contributed by atoms with Crippen LogP contribution in [0.2, 0.25) is 0 Å². The summed E-state index contributed by atoms with van der Waals surface area (Å²) in [4.78, 5) is 11.0. The van der Waals surface area contributed by atoms with Gasteiger partial charge in [0, 0.05) is 24.8 Å². The van der Waals surface area contributed by atoms with Gasteiger partial charge < -0.3 is 16.0 Å². The Balaban J connectivity index is 1.60. The highest BCUT2D eigenvalue weighted by atomic mass is 15.2. The van der Waals surface area contributed by atoms with E-state index in [0.717, 1.165) is 31.0 Å². The lowest BCUT2D eigenvalue weighted by atomic mass is 10.00. The summed E-state index contributed by atoms with van der Waals surface area (Å²) < 4.78 is 0. The molecule has 0 aliphatic carbocycles. The number of hydrogen-bond donors (Lipinski definition) is 2. The standard InChI is InChI=1S/C19H19N5/c20-19-22-17(21-16-8-2-1-3-9-16)12-18(23-19)24-11-10-14-6-4-5-7-15(14)13-24/h1-9,12H,10-11,13H2,(H3,20,21,22,23). The first-order valence-electron chi connectivity index (χ1n) is 8.06. The van der Waals surface area contributed by atoms with Crippen LogP contribution in [0.15, 0.2) is 60.7 Å². The molecule has 5 nitrogen and oxygen atoms in total. The number of rotatable bonds is 3. The van der Waals surface area contributed by atoms with Gasteiger partial charge in [-0.05, 0) is 29.7 Å². The first kappa shape index (κ1) is 14.5. The van der Waals surface area contributed by atoms with Crippen LogP contribution in [0.3, 0.4) is 0 Å². The molecule has 0 saturated heterocycles. The number of anilines is 4. The van der Waals surface area contributed by atoms with E-state index >= 15 is 0 Å². The number of aromatic nitrogens is 2. The quantitative estimate of drug-likeness (QED) is 0.775. The van der Waals surface area contributed by atoms with Crippen LogP contribution in [0.5, 0.6) is 0 Å². The molecule has 24 heavy (non-hydrogen) atoms. The lowest BCUT2D eigenvalue weighted by Gasteiger charge is -2.30. The molecule has 0 amide bonds. The second-order valence-corrected chi connectivity index (χ2v) is 5.90. The van der Waals surface area contributed by atoms with Crippen LogP contribution in [0.1, 0.15) is 11.1 Å². The molecule has 120 valence electrons. The lowest BCUT2D eigenvalue weighted by Crippen LogP contribution is -2.31. The van der Waals surface area contributed by atoms with Gasteiger partial charge in [-0.1, -0.05) is 42.5 Å². The Labute approximate surface area is 141 Å². The van der Waals surface area contributed by atoms with Crippen molar-refractivity contribution in [1.29, 1.82) is 0 Å². The first-order chi connectivity index (χ1) is 11.8. The van der Waals surface area contributed by atoms with Gasteiger partial charge in [-0.2, -0.15) is 9.97 Å². The van der Waals surface area contributed by atoms with Gasteiger partial charge in [-0.15, -0.1) is 0 Å². The Hall–Kier alpha value is -3.08. The molecule has 0 unspecified atom stereocenters. The van der Waals surface area contributed by atoms with Crippen molar-refractivity contribution in [2.75, 3.05) is 22.5 Å². The average molecular weight is 317 g/mol. The minimum absolute atomic E-state index is 0.282. The van der Waals surface area contributed by atoms with Crippen LogP contribution in [0.25, 0.3) is 0 Å². The fourth-order valence-corrected chi connectivity index (χ4v) is 3.04. The minimum Gasteiger partial charge on any atom is -0.368 e. The predicted octanol–water partition coefficient (Wildman–Crippen LogP) is 3.37. The van der Waals surface area contributed by atoms with E-state index in [0.29, 0.717) is 5.82 Å². The smallest absolute Gasteiger partial charge is 0.223 e. The van der Waals surface area contributed by atoms with E-state index in [2.05, 4.69) is 44.5 Å². The van der Waals surface area contributed by atoms with E-state index < -0.39 is 0 Å². The fourth-order valence-electron chi connectivity index (χ4n) is 3.04. The SMILES string of the molecule is Nc1nc(Nc2ccccc2)cc(N2CCc3ccccc3C2)n1. The van der Waals surface area contributed by atoms with Crippen LogP contribution in [0.4, 0.5) is 23.3 Å². The molecule has 3 N–H and O–H groups in total. The van der Waals surface area contributed by atoms with Gasteiger partial charge in [0.2, 0.25) is 5.95 Å². The summed E-state index contributed by atoms with van der Waals surface area (Å²) in [5.41, 5.74) is 9.66. The Morgan fingerprint density at radius 1 is 0.917 bits per heavy atom. The molecule has 2 aromatic carbocycles. The first-order valence-corrected chi connectivity index (χ1v) is 8.06. The molecule has 0 bridgehead atoms. The van der Waals surface area contributed by atoms with E-state index in [4.69, 9.17) is 5.73 Å². The van der Waals surface area contributed by atoms with Crippen molar-refractivity contribution in [2.45, 2.75) is 13.0 Å². The number of nitrogens with two attached hydrogens (primary N) is 1. The Kier molecular flexibility index (Phi) is 3.75. The van der Waals surface area contributed by atoms with Crippen LogP contribution >= 0.6 is 0 Å². The van der Waals surface area contributed by atoms with E-state index in [1.165, 1.54) is 11.1 Å². The van der Waals surface area contributed by atoms with Crippen molar-refractivity contribution in [3.63, 3.8) is 0 Å². The van der Waals surface area contributed by atoms with Crippen LogP contribution in [-0.4, -0.2) is 16.5 Å². The third-order valence-electron chi connectivity index (χ3n) is 4.23. The lowest BCUT2D eigenvalue weighted by molar-refractivity contribution is 0.720. The van der Waals surface area contributed by atoms with Gasteiger partial charge in [0.1, 0.15) is 11.6 Å². The molecule has 0 fully saturated rings. The molecule has 0 atom stereocenters. The zero-order chi connectivity index (χ0) is 16.4. The van der Waals surface area contributed by atoms with Crippen molar-refractivity contribution in [3.8, 4) is 0 Å². The highest BCUT2D eigenvalue weighted by Crippen LogP contribution is 2.26. The van der Waals surface area contributed by atoms with Crippen molar-refractivity contribution in [1.82, 2.24) is 9.97 Å². The predicted molar refractivity (Wildman–Crippen MR) is 97.4 cm³/mol. The number of nitrogens with one attached hydrogen (secondary N) is 1. The maximum atomic E-state index is 5.93. The third kappa shape index (κ3) is 3.01. The number of nitrogens with zero attached hydrogens (tertiary/aromatic N) is 3. The van der Waals surface area contributed by atoms with Gasteiger partial charge in [0.25, 0.3) is 0 Å². The summed E-state index contributed by atoms with van der Waals surface area (Å²) in [6.45, 7) is 1.77. The Morgan fingerprint density at radius 3 is 2.50 bits per heavy atom. The summed E-state index contributed by atoms with van der Waals surface area (Å²) in [6.07, 6.45) is 1.02. The maximum absolute atomic E-state index is 5.93. The van der Waals surface area contributed by atoms with Crippen molar-refractivity contribution in [3.05, 3.63) is 71.8 Å². The summed E-state index contributed by atoms with van der Waals surface area (Å²) in [5.74, 6) is 1.85. The highest BCUT2D eigenvalue weighted by Gasteiger charge is 2.18. The molecule has 4 rings (SSSR count). The molecule has 2 heterocycles. The largest absolute Gasteiger partial charge is 0.368 e.